The third kappa shape index (κ3) is 3.10. The van der Waals surface area contributed by atoms with Crippen LogP contribution in [-0.2, 0) is 4.74 Å². The lowest BCUT2D eigenvalue weighted by Crippen LogP contribution is -2.31. The number of hydrogen-bond acceptors (Lipinski definition) is 4. The molecule has 3 rings (SSSR count). The third-order valence-corrected chi connectivity index (χ3v) is 3.95. The van der Waals surface area contributed by atoms with Crippen molar-refractivity contribution in [3.05, 3.63) is 23.9 Å². The molecule has 5 nitrogen and oxygen atoms in total. The van der Waals surface area contributed by atoms with Gasteiger partial charge in [-0.1, -0.05) is 0 Å². The normalized spacial score (nSPS) is 22.2. The number of ether oxygens (including phenoxy) is 1. The molecule has 1 atom stereocenters. The van der Waals surface area contributed by atoms with Crippen molar-refractivity contribution < 1.29 is 9.53 Å². The van der Waals surface area contributed by atoms with Crippen molar-refractivity contribution in [2.45, 2.75) is 31.8 Å². The van der Waals surface area contributed by atoms with Gasteiger partial charge in [0.25, 0.3) is 5.91 Å². The number of anilines is 1. The average molecular weight is 275 g/mol. The SMILES string of the molecule is O=C(NC[C@H]1CCCO1)c1ccc(N2CCCC2)nc1. The standard InChI is InChI=1S/C15H21N3O2/c19-15(17-11-13-4-3-9-20-13)12-5-6-14(16-10-12)18-7-1-2-8-18/h5-6,10,13H,1-4,7-9,11H2,(H,17,19)/t13-/m1/s1. The molecule has 20 heavy (non-hydrogen) atoms. The summed E-state index contributed by atoms with van der Waals surface area (Å²) in [4.78, 5) is 18.7. The fourth-order valence-corrected chi connectivity index (χ4v) is 2.77. The molecule has 1 N–H and O–H groups in total. The van der Waals surface area contributed by atoms with E-state index in [2.05, 4.69) is 15.2 Å². The Bertz CT molecular complexity index is 449. The van der Waals surface area contributed by atoms with E-state index in [9.17, 15) is 4.79 Å². The molecule has 2 aliphatic rings. The van der Waals surface area contributed by atoms with E-state index in [0.717, 1.165) is 38.4 Å². The highest BCUT2D eigenvalue weighted by atomic mass is 16.5. The van der Waals surface area contributed by atoms with Gasteiger partial charge in [0.1, 0.15) is 5.82 Å². The van der Waals surface area contributed by atoms with Crippen molar-refractivity contribution in [1.29, 1.82) is 0 Å². The summed E-state index contributed by atoms with van der Waals surface area (Å²) in [6, 6.07) is 3.79. The van der Waals surface area contributed by atoms with Gasteiger partial charge in [0.15, 0.2) is 0 Å². The van der Waals surface area contributed by atoms with Crippen molar-refractivity contribution in [3.63, 3.8) is 0 Å². The van der Waals surface area contributed by atoms with Crippen LogP contribution in [0.5, 0.6) is 0 Å². The Kier molecular flexibility index (Phi) is 4.16. The molecule has 0 radical (unpaired) electrons. The van der Waals surface area contributed by atoms with E-state index in [0.29, 0.717) is 12.1 Å². The largest absolute Gasteiger partial charge is 0.376 e. The topological polar surface area (TPSA) is 54.5 Å². The smallest absolute Gasteiger partial charge is 0.252 e. The lowest BCUT2D eigenvalue weighted by atomic mass is 10.2. The molecule has 0 aromatic carbocycles. The molecule has 2 saturated heterocycles. The first-order valence-electron chi connectivity index (χ1n) is 7.44. The van der Waals surface area contributed by atoms with E-state index in [1.807, 2.05) is 12.1 Å². The molecule has 1 amide bonds. The van der Waals surface area contributed by atoms with Crippen molar-refractivity contribution in [2.75, 3.05) is 31.1 Å². The van der Waals surface area contributed by atoms with Gasteiger partial charge in [-0.25, -0.2) is 4.98 Å². The van der Waals surface area contributed by atoms with Gasteiger partial charge in [-0.3, -0.25) is 4.79 Å². The van der Waals surface area contributed by atoms with Gasteiger partial charge in [-0.15, -0.1) is 0 Å². The number of amides is 1. The molecule has 3 heterocycles. The number of pyridine rings is 1. The third-order valence-electron chi connectivity index (χ3n) is 3.95. The molecule has 0 unspecified atom stereocenters. The molecule has 5 heteroatoms. The second-order valence-corrected chi connectivity index (χ2v) is 5.44. The number of aromatic nitrogens is 1. The molecule has 0 spiro atoms. The second kappa shape index (κ2) is 6.22. The van der Waals surface area contributed by atoms with Crippen LogP contribution in [0.1, 0.15) is 36.0 Å². The van der Waals surface area contributed by atoms with Gasteiger partial charge >= 0.3 is 0 Å². The number of rotatable bonds is 4. The monoisotopic (exact) mass is 275 g/mol. The number of hydrogen-bond donors (Lipinski definition) is 1. The van der Waals surface area contributed by atoms with E-state index < -0.39 is 0 Å². The Balaban J connectivity index is 1.54. The fraction of sp³-hybridized carbons (Fsp3) is 0.600. The van der Waals surface area contributed by atoms with Crippen molar-refractivity contribution in [2.24, 2.45) is 0 Å². The Morgan fingerprint density at radius 1 is 1.35 bits per heavy atom. The highest BCUT2D eigenvalue weighted by molar-refractivity contribution is 5.94. The summed E-state index contributed by atoms with van der Waals surface area (Å²) in [6.45, 7) is 3.54. The number of carbonyl (C=O) groups excluding carboxylic acids is 1. The van der Waals surface area contributed by atoms with Gasteiger partial charge in [0, 0.05) is 32.4 Å². The minimum atomic E-state index is -0.0685. The molecule has 2 fully saturated rings. The summed E-state index contributed by atoms with van der Waals surface area (Å²) in [6.07, 6.45) is 6.42. The van der Waals surface area contributed by atoms with Crippen molar-refractivity contribution >= 4 is 11.7 Å². The highest BCUT2D eigenvalue weighted by Crippen LogP contribution is 2.17. The van der Waals surface area contributed by atoms with Crippen LogP contribution in [0.15, 0.2) is 18.3 Å². The Morgan fingerprint density at radius 3 is 2.85 bits per heavy atom. The Morgan fingerprint density at radius 2 is 2.20 bits per heavy atom. The van der Waals surface area contributed by atoms with Crippen molar-refractivity contribution in [3.8, 4) is 0 Å². The predicted octanol–water partition coefficient (Wildman–Crippen LogP) is 1.59. The zero-order valence-electron chi connectivity index (χ0n) is 11.7. The number of carbonyl (C=O) groups is 1. The first kappa shape index (κ1) is 13.4. The fourth-order valence-electron chi connectivity index (χ4n) is 2.77. The molecule has 108 valence electrons. The minimum absolute atomic E-state index is 0.0685. The number of nitrogens with one attached hydrogen (secondary N) is 1. The van der Waals surface area contributed by atoms with Crippen LogP contribution in [0.25, 0.3) is 0 Å². The molecule has 2 aliphatic heterocycles. The molecule has 0 bridgehead atoms. The highest BCUT2D eigenvalue weighted by Gasteiger charge is 2.17. The molecule has 0 saturated carbocycles. The van der Waals surface area contributed by atoms with Crippen LogP contribution in [-0.4, -0.2) is 43.2 Å². The molecule has 1 aromatic rings. The zero-order valence-corrected chi connectivity index (χ0v) is 11.7. The van der Waals surface area contributed by atoms with Gasteiger partial charge in [0.05, 0.1) is 11.7 Å². The number of nitrogens with zero attached hydrogens (tertiary/aromatic N) is 2. The molecular weight excluding hydrogens is 254 g/mol. The van der Waals surface area contributed by atoms with Crippen LogP contribution in [0, 0.1) is 0 Å². The predicted molar refractivity (Wildman–Crippen MR) is 77.0 cm³/mol. The summed E-state index contributed by atoms with van der Waals surface area (Å²) in [7, 11) is 0. The maximum Gasteiger partial charge on any atom is 0.252 e. The van der Waals surface area contributed by atoms with Gasteiger partial charge < -0.3 is 15.0 Å². The summed E-state index contributed by atoms with van der Waals surface area (Å²) >= 11 is 0. The molecule has 1 aromatic heterocycles. The van der Waals surface area contributed by atoms with E-state index in [-0.39, 0.29) is 12.0 Å². The summed E-state index contributed by atoms with van der Waals surface area (Å²) in [5, 5.41) is 2.91. The van der Waals surface area contributed by atoms with Crippen LogP contribution in [0.4, 0.5) is 5.82 Å². The maximum atomic E-state index is 12.0. The van der Waals surface area contributed by atoms with Crippen molar-refractivity contribution in [1.82, 2.24) is 10.3 Å². The quantitative estimate of drug-likeness (QED) is 0.906. The summed E-state index contributed by atoms with van der Waals surface area (Å²) in [5.41, 5.74) is 0.617. The van der Waals surface area contributed by atoms with Crippen LogP contribution >= 0.6 is 0 Å². The van der Waals surface area contributed by atoms with Gasteiger partial charge in [-0.05, 0) is 37.8 Å². The zero-order chi connectivity index (χ0) is 13.8. The molecule has 0 aliphatic carbocycles. The van der Waals surface area contributed by atoms with E-state index >= 15 is 0 Å². The Hall–Kier alpha value is -1.62. The average Bonchev–Trinajstić information content (AvgIpc) is 3.18. The molecular formula is C15H21N3O2. The van der Waals surface area contributed by atoms with E-state index in [1.54, 1.807) is 6.20 Å². The first-order valence-corrected chi connectivity index (χ1v) is 7.44. The second-order valence-electron chi connectivity index (χ2n) is 5.44. The van der Waals surface area contributed by atoms with E-state index in [1.165, 1.54) is 12.8 Å². The maximum absolute atomic E-state index is 12.0. The lowest BCUT2D eigenvalue weighted by Gasteiger charge is -2.16. The van der Waals surface area contributed by atoms with Gasteiger partial charge in [-0.2, -0.15) is 0 Å². The minimum Gasteiger partial charge on any atom is -0.376 e. The van der Waals surface area contributed by atoms with Crippen LogP contribution < -0.4 is 10.2 Å². The first-order chi connectivity index (χ1) is 9.83. The van der Waals surface area contributed by atoms with Gasteiger partial charge in [0.2, 0.25) is 0 Å². The van der Waals surface area contributed by atoms with Crippen LogP contribution in [0.2, 0.25) is 0 Å². The van der Waals surface area contributed by atoms with Crippen LogP contribution in [0.3, 0.4) is 0 Å². The van der Waals surface area contributed by atoms with E-state index in [4.69, 9.17) is 4.74 Å². The lowest BCUT2D eigenvalue weighted by molar-refractivity contribution is 0.0857. The Labute approximate surface area is 119 Å². The summed E-state index contributed by atoms with van der Waals surface area (Å²) in [5.74, 6) is 0.902. The summed E-state index contributed by atoms with van der Waals surface area (Å²) < 4.78 is 5.49.